The van der Waals surface area contributed by atoms with Crippen molar-refractivity contribution >= 4 is 23.8 Å². The molecule has 2 unspecified atom stereocenters. The van der Waals surface area contributed by atoms with E-state index in [2.05, 4.69) is 5.32 Å². The number of esters is 2. The van der Waals surface area contributed by atoms with Crippen molar-refractivity contribution in [2.45, 2.75) is 137 Å². The molecule has 0 radical (unpaired) electrons. The smallest absolute Gasteiger partial charge is 0.316 e. The highest BCUT2D eigenvalue weighted by Crippen LogP contribution is 2.43. The molecule has 0 saturated carbocycles. The number of ether oxygens (including phenoxy) is 2. The zero-order chi connectivity index (χ0) is 37.3. The molecule has 0 spiro atoms. The normalized spacial score (nSPS) is 14.5. The first kappa shape index (κ1) is 40.1. The molecule has 0 heterocycles. The highest BCUT2D eigenvalue weighted by Gasteiger charge is 2.33. The molecule has 2 aromatic carbocycles. The summed E-state index contributed by atoms with van der Waals surface area (Å²) in [5.74, 6) is -5.31. The summed E-state index contributed by atoms with van der Waals surface area (Å²) in [6.07, 6.45) is -1.60. The van der Waals surface area contributed by atoms with Gasteiger partial charge in [0.25, 0.3) is 6.29 Å². The molecule has 10 heteroatoms. The van der Waals surface area contributed by atoms with Gasteiger partial charge < -0.3 is 30.7 Å². The van der Waals surface area contributed by atoms with Crippen LogP contribution >= 0.6 is 0 Å². The molecule has 0 aliphatic carbocycles. The molecular weight excluding hydrogens is 612 g/mol. The lowest BCUT2D eigenvalue weighted by Gasteiger charge is -2.30. The highest BCUT2D eigenvalue weighted by molar-refractivity contribution is 6.34. The lowest BCUT2D eigenvalue weighted by molar-refractivity contribution is -0.189. The highest BCUT2D eigenvalue weighted by atomic mass is 16.7. The summed E-state index contributed by atoms with van der Waals surface area (Å²) in [6.45, 7) is 26.3. The van der Waals surface area contributed by atoms with E-state index in [0.29, 0.717) is 33.4 Å². The minimum Gasteiger partial charge on any atom is -0.507 e. The van der Waals surface area contributed by atoms with Gasteiger partial charge in [0.05, 0.1) is 18.4 Å². The Balaban J connectivity index is 2.51. The summed E-state index contributed by atoms with van der Waals surface area (Å²) in [6, 6.07) is 7.05. The number of hydrogen-bond acceptors (Lipinski definition) is 8. The third kappa shape index (κ3) is 9.73. The number of benzene rings is 2. The number of phenols is 2. The maximum absolute atomic E-state index is 13.6. The van der Waals surface area contributed by atoms with Crippen molar-refractivity contribution in [2.24, 2.45) is 5.73 Å². The molecule has 0 aliphatic heterocycles. The lowest BCUT2D eigenvalue weighted by Crippen LogP contribution is -2.43. The minimum absolute atomic E-state index is 0.160. The Labute approximate surface area is 285 Å². The van der Waals surface area contributed by atoms with Crippen LogP contribution < -0.4 is 11.1 Å². The van der Waals surface area contributed by atoms with Gasteiger partial charge in [-0.05, 0) is 68.9 Å². The van der Waals surface area contributed by atoms with Gasteiger partial charge in [0, 0.05) is 0 Å². The topological polar surface area (TPSA) is 165 Å². The molecule has 2 atom stereocenters. The van der Waals surface area contributed by atoms with E-state index in [-0.39, 0.29) is 11.5 Å². The van der Waals surface area contributed by atoms with Gasteiger partial charge in [-0.15, -0.1) is 0 Å². The average molecular weight is 669 g/mol. The first-order valence-electron chi connectivity index (χ1n) is 16.3. The van der Waals surface area contributed by atoms with E-state index in [4.69, 9.17) is 15.2 Å². The van der Waals surface area contributed by atoms with Gasteiger partial charge >= 0.3 is 23.8 Å². The zero-order valence-corrected chi connectivity index (χ0v) is 31.2. The molecule has 2 rings (SSSR count). The van der Waals surface area contributed by atoms with E-state index in [0.717, 1.165) is 0 Å². The zero-order valence-electron chi connectivity index (χ0n) is 31.2. The summed E-state index contributed by atoms with van der Waals surface area (Å²) in [7, 11) is 0. The molecule has 48 heavy (non-hydrogen) atoms. The van der Waals surface area contributed by atoms with Crippen molar-refractivity contribution in [1.82, 2.24) is 5.32 Å². The molecule has 0 aliphatic rings. The van der Waals surface area contributed by atoms with Gasteiger partial charge in [-0.25, -0.2) is 0 Å². The van der Waals surface area contributed by atoms with Crippen molar-refractivity contribution in [1.29, 1.82) is 0 Å². The van der Waals surface area contributed by atoms with Crippen LogP contribution in [0.3, 0.4) is 0 Å². The first-order valence-corrected chi connectivity index (χ1v) is 16.3. The summed E-state index contributed by atoms with van der Waals surface area (Å²) in [4.78, 5) is 50.6. The van der Waals surface area contributed by atoms with Crippen molar-refractivity contribution in [3.05, 3.63) is 57.6 Å². The van der Waals surface area contributed by atoms with Crippen LogP contribution in [0.2, 0.25) is 0 Å². The molecular formula is C38H56N2O8. The second-order valence-corrected chi connectivity index (χ2v) is 16.8. The van der Waals surface area contributed by atoms with Gasteiger partial charge in [0.2, 0.25) is 0 Å². The van der Waals surface area contributed by atoms with Crippen LogP contribution in [0, 0.1) is 0 Å². The van der Waals surface area contributed by atoms with Gasteiger partial charge in [0.1, 0.15) is 11.5 Å². The number of rotatable bonds is 8. The van der Waals surface area contributed by atoms with Crippen LogP contribution in [0.25, 0.3) is 0 Å². The maximum atomic E-state index is 13.6. The summed E-state index contributed by atoms with van der Waals surface area (Å²) in [5.41, 5.74) is 7.14. The van der Waals surface area contributed by atoms with Gasteiger partial charge in [-0.2, -0.15) is 0 Å². The average Bonchev–Trinajstić information content (AvgIpc) is 2.92. The molecule has 0 aromatic heterocycles. The molecule has 5 N–H and O–H groups in total. The van der Waals surface area contributed by atoms with Crippen LogP contribution in [0.4, 0.5) is 0 Å². The number of nitrogens with two attached hydrogens (primary N) is 1. The van der Waals surface area contributed by atoms with Crippen LogP contribution in [0.1, 0.15) is 142 Å². The number of amides is 2. The SMILES string of the molecule is CC(C(=O)OC(CNC(=O)C(N)=O)OC(=O)C(C)c1cc(C(C)(C)C)c(O)c(C(C)(C)C)c1)c1cc(C(C)(C)C)c(O)c(C(C)(C)C)c1. The molecule has 266 valence electrons. The predicted octanol–water partition coefficient (Wildman–Crippen LogP) is 6.21. The molecule has 2 aromatic rings. The van der Waals surface area contributed by atoms with Gasteiger partial charge in [-0.3, -0.25) is 19.2 Å². The summed E-state index contributed by atoms with van der Waals surface area (Å²) < 4.78 is 11.3. The monoisotopic (exact) mass is 668 g/mol. The number of primary amides is 1. The number of phenolic OH excluding ortho intramolecular Hbond substituents is 2. The Hall–Kier alpha value is -4.08. The van der Waals surface area contributed by atoms with E-state index < -0.39 is 70.1 Å². The Morgan fingerprint density at radius 3 is 1.12 bits per heavy atom. The van der Waals surface area contributed by atoms with E-state index in [1.807, 2.05) is 83.1 Å². The molecule has 0 fully saturated rings. The largest absolute Gasteiger partial charge is 0.507 e. The van der Waals surface area contributed by atoms with Gasteiger partial charge in [-0.1, -0.05) is 107 Å². The van der Waals surface area contributed by atoms with Crippen molar-refractivity contribution in [3.63, 3.8) is 0 Å². The minimum atomic E-state index is -1.60. The quantitative estimate of drug-likeness (QED) is 0.146. The third-order valence-corrected chi connectivity index (χ3v) is 8.35. The van der Waals surface area contributed by atoms with Crippen molar-refractivity contribution in [3.8, 4) is 11.5 Å². The van der Waals surface area contributed by atoms with E-state index >= 15 is 0 Å². The molecule has 0 saturated heterocycles. The van der Waals surface area contributed by atoms with Crippen molar-refractivity contribution in [2.75, 3.05) is 6.54 Å². The van der Waals surface area contributed by atoms with Gasteiger partial charge in [0.15, 0.2) is 0 Å². The summed E-state index contributed by atoms with van der Waals surface area (Å²) >= 11 is 0. The number of hydrogen-bond donors (Lipinski definition) is 4. The summed E-state index contributed by atoms with van der Waals surface area (Å²) in [5, 5.41) is 24.5. The van der Waals surface area contributed by atoms with E-state index in [1.165, 1.54) is 0 Å². The van der Waals surface area contributed by atoms with E-state index in [1.54, 1.807) is 38.1 Å². The molecule has 0 bridgehead atoms. The van der Waals surface area contributed by atoms with Crippen LogP contribution in [-0.2, 0) is 50.3 Å². The maximum Gasteiger partial charge on any atom is 0.316 e. The predicted molar refractivity (Wildman–Crippen MR) is 186 cm³/mol. The number of aromatic hydroxyl groups is 2. The Morgan fingerprint density at radius 1 is 0.625 bits per heavy atom. The standard InChI is InChI=1S/C38H56N2O8/c1-20(22-15-24(35(3,4)5)29(41)25(16-22)36(6,7)8)33(45)47-28(19-40-32(44)31(39)43)48-34(46)21(2)23-17-26(37(9,10)11)30(42)27(18-23)38(12,13)14/h15-18,20-21,28,41-42H,19H2,1-14H3,(H2,39,43)(H,40,44). The Kier molecular flexibility index (Phi) is 11.8. The fourth-order valence-electron chi connectivity index (χ4n) is 5.21. The van der Waals surface area contributed by atoms with Crippen molar-refractivity contribution < 1.29 is 38.9 Å². The Morgan fingerprint density at radius 2 is 0.896 bits per heavy atom. The number of nitrogens with one attached hydrogen (secondary N) is 1. The lowest BCUT2D eigenvalue weighted by atomic mass is 9.77. The van der Waals surface area contributed by atoms with Crippen LogP contribution in [0.15, 0.2) is 24.3 Å². The first-order chi connectivity index (χ1) is 21.6. The van der Waals surface area contributed by atoms with Crippen LogP contribution in [0.5, 0.6) is 11.5 Å². The fraction of sp³-hybridized carbons (Fsp3) is 0.579. The van der Waals surface area contributed by atoms with E-state index in [9.17, 15) is 29.4 Å². The number of carbonyl (C=O) groups is 4. The second-order valence-electron chi connectivity index (χ2n) is 16.8. The fourth-order valence-corrected chi connectivity index (χ4v) is 5.21. The molecule has 2 amide bonds. The van der Waals surface area contributed by atoms with Crippen LogP contribution in [-0.4, -0.2) is 46.8 Å². The second kappa shape index (κ2) is 14.2. The number of carbonyl (C=O) groups excluding carboxylic acids is 4. The Bertz CT molecular complexity index is 1380. The third-order valence-electron chi connectivity index (χ3n) is 8.35. The molecule has 10 nitrogen and oxygen atoms in total.